The van der Waals surface area contributed by atoms with E-state index in [0.29, 0.717) is 5.69 Å². The molecular weight excluding hydrogens is 181 g/mol. The lowest BCUT2D eigenvalue weighted by molar-refractivity contribution is 0.300. The summed E-state index contributed by atoms with van der Waals surface area (Å²) in [5.41, 5.74) is 0.665. The molecule has 76 valence electrons. The predicted octanol–water partition coefficient (Wildman–Crippen LogP) is 3.17. The Bertz CT molecular complexity index is 291. The fourth-order valence-electron chi connectivity index (χ4n) is 0.973. The highest BCUT2D eigenvalue weighted by atomic mass is 19.1. The van der Waals surface area contributed by atoms with Crippen molar-refractivity contribution in [3.05, 3.63) is 30.1 Å². The third kappa shape index (κ3) is 3.12. The number of halogens is 1. The lowest BCUT2D eigenvalue weighted by Gasteiger charge is -2.10. The van der Waals surface area contributed by atoms with E-state index < -0.39 is 0 Å². The zero-order chi connectivity index (χ0) is 10.4. The average Bonchev–Trinajstić information content (AvgIpc) is 2.22. The van der Waals surface area contributed by atoms with Gasteiger partial charge in [-0.3, -0.25) is 5.01 Å². The predicted molar refractivity (Wildman–Crippen MR) is 53.8 cm³/mol. The second kappa shape index (κ2) is 5.32. The van der Waals surface area contributed by atoms with E-state index in [4.69, 9.17) is 0 Å². The minimum Gasteiger partial charge on any atom is -0.279 e. The molecule has 0 saturated heterocycles. The lowest BCUT2D eigenvalue weighted by Crippen LogP contribution is -2.14. The van der Waals surface area contributed by atoms with E-state index in [1.54, 1.807) is 12.1 Å². The van der Waals surface area contributed by atoms with Gasteiger partial charge in [-0.15, -0.1) is 5.11 Å². The van der Waals surface area contributed by atoms with Gasteiger partial charge in [0.1, 0.15) is 5.82 Å². The van der Waals surface area contributed by atoms with Crippen LogP contribution in [-0.2, 0) is 0 Å². The van der Waals surface area contributed by atoms with Crippen LogP contribution in [-0.4, -0.2) is 18.1 Å². The fourth-order valence-corrected chi connectivity index (χ4v) is 0.973. The van der Waals surface area contributed by atoms with Crippen LogP contribution in [0.3, 0.4) is 0 Å². The first-order chi connectivity index (χ1) is 6.76. The molecule has 0 aromatic heterocycles. The number of hydrogen-bond acceptors (Lipinski definition) is 2. The molecule has 0 N–H and O–H groups in total. The normalized spacial score (nSPS) is 10.8. The Morgan fingerprint density at radius 1 is 1.14 bits per heavy atom. The highest BCUT2D eigenvalue weighted by Gasteiger charge is 1.93. The molecule has 0 aliphatic rings. The van der Waals surface area contributed by atoms with Crippen molar-refractivity contribution in [3.63, 3.8) is 0 Å². The highest BCUT2D eigenvalue weighted by molar-refractivity contribution is 5.35. The molecule has 0 spiro atoms. The van der Waals surface area contributed by atoms with Gasteiger partial charge >= 0.3 is 0 Å². The minimum absolute atomic E-state index is 0.258. The molecule has 0 atom stereocenters. The molecule has 4 heteroatoms. The second-order valence-electron chi connectivity index (χ2n) is 2.80. The molecule has 1 rings (SSSR count). The highest BCUT2D eigenvalue weighted by Crippen LogP contribution is 2.12. The summed E-state index contributed by atoms with van der Waals surface area (Å²) < 4.78 is 12.5. The summed E-state index contributed by atoms with van der Waals surface area (Å²) >= 11 is 0. The third-order valence-corrected chi connectivity index (χ3v) is 1.84. The van der Waals surface area contributed by atoms with Crippen molar-refractivity contribution in [1.29, 1.82) is 0 Å². The van der Waals surface area contributed by atoms with E-state index >= 15 is 0 Å². The SMILES string of the molecule is CCN(CC)N=Nc1ccc(F)cc1. The summed E-state index contributed by atoms with van der Waals surface area (Å²) in [5.74, 6) is -0.258. The molecule has 1 aromatic carbocycles. The third-order valence-electron chi connectivity index (χ3n) is 1.84. The van der Waals surface area contributed by atoms with Crippen LogP contribution in [0.2, 0.25) is 0 Å². The topological polar surface area (TPSA) is 28.0 Å². The Kier molecular flexibility index (Phi) is 4.04. The first-order valence-corrected chi connectivity index (χ1v) is 4.68. The molecule has 0 fully saturated rings. The van der Waals surface area contributed by atoms with Crippen molar-refractivity contribution in [2.45, 2.75) is 13.8 Å². The van der Waals surface area contributed by atoms with Gasteiger partial charge in [0.15, 0.2) is 0 Å². The molecule has 0 saturated carbocycles. The first-order valence-electron chi connectivity index (χ1n) is 4.68. The van der Waals surface area contributed by atoms with E-state index in [1.807, 2.05) is 18.9 Å². The smallest absolute Gasteiger partial charge is 0.123 e. The summed E-state index contributed by atoms with van der Waals surface area (Å²) in [6.07, 6.45) is 0. The number of hydrogen-bond donors (Lipinski definition) is 0. The molecule has 0 unspecified atom stereocenters. The Hall–Kier alpha value is -1.45. The van der Waals surface area contributed by atoms with Crippen LogP contribution in [0, 0.1) is 5.82 Å². The molecule has 3 nitrogen and oxygen atoms in total. The van der Waals surface area contributed by atoms with Gasteiger partial charge in [0.25, 0.3) is 0 Å². The first kappa shape index (κ1) is 10.6. The van der Waals surface area contributed by atoms with Gasteiger partial charge in [0.2, 0.25) is 0 Å². The van der Waals surface area contributed by atoms with Crippen molar-refractivity contribution in [1.82, 2.24) is 5.01 Å². The van der Waals surface area contributed by atoms with Crippen LogP contribution in [0.4, 0.5) is 10.1 Å². The Morgan fingerprint density at radius 3 is 2.21 bits per heavy atom. The van der Waals surface area contributed by atoms with E-state index in [0.717, 1.165) is 13.1 Å². The minimum atomic E-state index is -0.258. The average molecular weight is 195 g/mol. The van der Waals surface area contributed by atoms with Crippen LogP contribution in [0.5, 0.6) is 0 Å². The van der Waals surface area contributed by atoms with Crippen LogP contribution < -0.4 is 0 Å². The van der Waals surface area contributed by atoms with E-state index in [1.165, 1.54) is 12.1 Å². The maximum Gasteiger partial charge on any atom is 0.123 e. The summed E-state index contributed by atoms with van der Waals surface area (Å²) in [6.45, 7) is 5.66. The van der Waals surface area contributed by atoms with Gasteiger partial charge in [-0.1, -0.05) is 5.22 Å². The van der Waals surface area contributed by atoms with Gasteiger partial charge < -0.3 is 0 Å². The largest absolute Gasteiger partial charge is 0.279 e. The molecule has 14 heavy (non-hydrogen) atoms. The number of nitrogens with zero attached hydrogens (tertiary/aromatic N) is 3. The zero-order valence-electron chi connectivity index (χ0n) is 8.44. The van der Waals surface area contributed by atoms with Crippen molar-refractivity contribution < 1.29 is 4.39 Å². The van der Waals surface area contributed by atoms with Crippen molar-refractivity contribution >= 4 is 5.69 Å². The molecule has 1 aromatic rings. The van der Waals surface area contributed by atoms with Crippen LogP contribution in [0.1, 0.15) is 13.8 Å². The number of benzene rings is 1. The summed E-state index contributed by atoms with van der Waals surface area (Å²) in [7, 11) is 0. The lowest BCUT2D eigenvalue weighted by atomic mass is 10.3. The molecule has 0 aliphatic carbocycles. The molecule has 0 amide bonds. The summed E-state index contributed by atoms with van der Waals surface area (Å²) in [4.78, 5) is 0. The van der Waals surface area contributed by atoms with E-state index in [-0.39, 0.29) is 5.82 Å². The molecule has 0 aliphatic heterocycles. The standard InChI is InChI=1S/C10H14FN3/c1-3-14(4-2)13-12-10-7-5-9(11)6-8-10/h5-8H,3-4H2,1-2H3. The molecule has 0 heterocycles. The molecule has 0 radical (unpaired) electrons. The summed E-state index contributed by atoms with van der Waals surface area (Å²) in [5, 5.41) is 9.79. The number of rotatable bonds is 4. The van der Waals surface area contributed by atoms with Crippen LogP contribution in [0.15, 0.2) is 34.6 Å². The summed E-state index contributed by atoms with van der Waals surface area (Å²) in [6, 6.07) is 5.94. The van der Waals surface area contributed by atoms with Gasteiger partial charge in [-0.25, -0.2) is 4.39 Å². The van der Waals surface area contributed by atoms with Crippen molar-refractivity contribution in [3.8, 4) is 0 Å². The van der Waals surface area contributed by atoms with E-state index in [9.17, 15) is 4.39 Å². The Balaban J connectivity index is 2.63. The van der Waals surface area contributed by atoms with E-state index in [2.05, 4.69) is 10.3 Å². The van der Waals surface area contributed by atoms with Crippen molar-refractivity contribution in [2.24, 2.45) is 10.3 Å². The zero-order valence-corrected chi connectivity index (χ0v) is 8.44. The molecule has 0 bridgehead atoms. The van der Waals surface area contributed by atoms with Gasteiger partial charge in [0.05, 0.1) is 5.69 Å². The molecular formula is C10H14FN3. The van der Waals surface area contributed by atoms with Gasteiger partial charge in [-0.05, 0) is 38.1 Å². The Labute approximate surface area is 83.2 Å². The van der Waals surface area contributed by atoms with Gasteiger partial charge in [-0.2, -0.15) is 0 Å². The van der Waals surface area contributed by atoms with Crippen LogP contribution in [0.25, 0.3) is 0 Å². The second-order valence-corrected chi connectivity index (χ2v) is 2.80. The van der Waals surface area contributed by atoms with Gasteiger partial charge in [0, 0.05) is 13.1 Å². The monoisotopic (exact) mass is 195 g/mol. The van der Waals surface area contributed by atoms with Crippen molar-refractivity contribution in [2.75, 3.05) is 13.1 Å². The maximum absolute atomic E-state index is 12.5. The quantitative estimate of drug-likeness (QED) is 0.535. The Morgan fingerprint density at radius 2 is 1.71 bits per heavy atom. The maximum atomic E-state index is 12.5. The fraction of sp³-hybridized carbons (Fsp3) is 0.400. The van der Waals surface area contributed by atoms with Crippen LogP contribution >= 0.6 is 0 Å².